The van der Waals surface area contributed by atoms with E-state index in [1.54, 1.807) is 13.8 Å². The molecule has 1 heterocycles. The maximum absolute atomic E-state index is 11.8. The summed E-state index contributed by atoms with van der Waals surface area (Å²) in [5, 5.41) is 8.12. The number of aliphatic carboxylic acids is 1. The highest BCUT2D eigenvalue weighted by atomic mass is 16.7. The van der Waals surface area contributed by atoms with Gasteiger partial charge < -0.3 is 19.3 Å². The Morgan fingerprint density at radius 1 is 1.08 bits per heavy atom. The number of hydrogen-bond donors (Lipinski definition) is 1. The third-order valence-electron chi connectivity index (χ3n) is 3.51. The molecule has 1 saturated heterocycles. The summed E-state index contributed by atoms with van der Waals surface area (Å²) in [4.78, 5) is 32.2. The van der Waals surface area contributed by atoms with Gasteiger partial charge >= 0.3 is 17.9 Å². The molecule has 0 saturated carbocycles. The highest BCUT2D eigenvalue weighted by Gasteiger charge is 2.62. The van der Waals surface area contributed by atoms with E-state index in [2.05, 4.69) is 4.74 Å². The quantitative estimate of drug-likeness (QED) is 0.593. The fourth-order valence-electron chi connectivity index (χ4n) is 2.25. The first-order valence-electron chi connectivity index (χ1n) is 8.16. The molecule has 0 radical (unpaired) electrons. The molecule has 2 rings (SSSR count). The van der Waals surface area contributed by atoms with Crippen LogP contribution >= 0.6 is 0 Å². The van der Waals surface area contributed by atoms with Crippen LogP contribution in [0.15, 0.2) is 30.3 Å². The van der Waals surface area contributed by atoms with Crippen molar-refractivity contribution in [3.8, 4) is 0 Å². The van der Waals surface area contributed by atoms with Gasteiger partial charge in [0.25, 0.3) is 0 Å². The maximum Gasteiger partial charge on any atom is 0.345 e. The van der Waals surface area contributed by atoms with Gasteiger partial charge in [-0.2, -0.15) is 0 Å². The van der Waals surface area contributed by atoms with E-state index in [1.807, 2.05) is 37.3 Å². The predicted molar refractivity (Wildman–Crippen MR) is 88.8 cm³/mol. The van der Waals surface area contributed by atoms with Crippen LogP contribution in [0.3, 0.4) is 0 Å². The van der Waals surface area contributed by atoms with Gasteiger partial charge in [0.15, 0.2) is 0 Å². The Hall–Kier alpha value is -2.41. The number of esters is 2. The summed E-state index contributed by atoms with van der Waals surface area (Å²) in [5.74, 6) is -1.72. The van der Waals surface area contributed by atoms with Gasteiger partial charge in [-0.25, -0.2) is 4.79 Å². The molecule has 25 heavy (non-hydrogen) atoms. The highest BCUT2D eigenvalue weighted by molar-refractivity contribution is 5.85. The van der Waals surface area contributed by atoms with E-state index in [1.165, 1.54) is 0 Å². The van der Waals surface area contributed by atoms with Gasteiger partial charge in [-0.15, -0.1) is 0 Å². The van der Waals surface area contributed by atoms with E-state index in [0.717, 1.165) is 5.56 Å². The zero-order valence-corrected chi connectivity index (χ0v) is 14.7. The second kappa shape index (κ2) is 9.78. The lowest BCUT2D eigenvalue weighted by molar-refractivity contribution is -0.150. The normalized spacial score (nSPS) is 20.7. The van der Waals surface area contributed by atoms with Crippen LogP contribution in [0.5, 0.6) is 0 Å². The number of epoxide rings is 1. The van der Waals surface area contributed by atoms with Crippen molar-refractivity contribution in [2.24, 2.45) is 0 Å². The Bertz CT molecular complexity index is 584. The molecule has 1 aliphatic heterocycles. The van der Waals surface area contributed by atoms with Gasteiger partial charge in [-0.05, 0) is 26.3 Å². The van der Waals surface area contributed by atoms with Crippen molar-refractivity contribution in [3.05, 3.63) is 35.9 Å². The van der Waals surface area contributed by atoms with Crippen LogP contribution in [0.4, 0.5) is 0 Å². The maximum atomic E-state index is 11.8. The van der Waals surface area contributed by atoms with Crippen molar-refractivity contribution >= 4 is 17.9 Å². The van der Waals surface area contributed by atoms with Crippen molar-refractivity contribution < 1.29 is 33.7 Å². The number of hydrogen-bond acceptors (Lipinski definition) is 6. The first kappa shape index (κ1) is 20.6. The summed E-state index contributed by atoms with van der Waals surface area (Å²) < 4.78 is 15.0. The Balaban J connectivity index is 0.000000275. The molecular formula is C18H24O7. The summed E-state index contributed by atoms with van der Waals surface area (Å²) in [6.45, 7) is 6.04. The molecule has 0 spiro atoms. The Morgan fingerprint density at radius 3 is 2.08 bits per heavy atom. The molecular weight excluding hydrogens is 328 g/mol. The molecule has 0 bridgehead atoms. The minimum absolute atomic E-state index is 0.0385. The molecule has 2 unspecified atom stereocenters. The third-order valence-corrected chi connectivity index (χ3v) is 3.51. The largest absolute Gasteiger partial charge is 0.481 e. The summed E-state index contributed by atoms with van der Waals surface area (Å²) in [6.07, 6.45) is -0.291. The van der Waals surface area contributed by atoms with Crippen molar-refractivity contribution in [1.29, 1.82) is 0 Å². The number of carbonyl (C=O) groups is 3. The van der Waals surface area contributed by atoms with Crippen LogP contribution in [0.1, 0.15) is 39.2 Å². The molecule has 1 N–H and O–H groups in total. The zero-order chi connectivity index (χ0) is 18.9. The van der Waals surface area contributed by atoms with Crippen LogP contribution in [0.2, 0.25) is 0 Å². The molecule has 7 nitrogen and oxygen atoms in total. The van der Waals surface area contributed by atoms with E-state index < -0.39 is 17.5 Å². The first-order valence-corrected chi connectivity index (χ1v) is 8.16. The average Bonchev–Trinajstić information content (AvgIpc) is 3.27. The van der Waals surface area contributed by atoms with Crippen LogP contribution in [0.25, 0.3) is 0 Å². The SMILES string of the molecule is CCOC(=O)C1(c2ccccc2)OC1C.CCOC(=O)CCC(=O)O. The van der Waals surface area contributed by atoms with E-state index in [4.69, 9.17) is 14.6 Å². The molecule has 0 aliphatic carbocycles. The number of rotatable bonds is 7. The van der Waals surface area contributed by atoms with Gasteiger partial charge in [-0.3, -0.25) is 9.59 Å². The fraction of sp³-hybridized carbons (Fsp3) is 0.500. The lowest BCUT2D eigenvalue weighted by atomic mass is 9.96. The Kier molecular flexibility index (Phi) is 8.07. The van der Waals surface area contributed by atoms with Crippen LogP contribution in [0, 0.1) is 0 Å². The van der Waals surface area contributed by atoms with Crippen molar-refractivity contribution in [2.45, 2.75) is 45.3 Å². The summed E-state index contributed by atoms with van der Waals surface area (Å²) in [5.41, 5.74) is 0.0213. The topological polar surface area (TPSA) is 102 Å². The summed E-state index contributed by atoms with van der Waals surface area (Å²) >= 11 is 0. The molecule has 1 aromatic carbocycles. The van der Waals surface area contributed by atoms with E-state index in [-0.39, 0.29) is 24.9 Å². The van der Waals surface area contributed by atoms with Gasteiger partial charge in [0.1, 0.15) is 6.10 Å². The molecule has 0 amide bonds. The lowest BCUT2D eigenvalue weighted by Crippen LogP contribution is -2.26. The predicted octanol–water partition coefficient (Wildman–Crippen LogP) is 2.28. The second-order valence-electron chi connectivity index (χ2n) is 5.28. The minimum Gasteiger partial charge on any atom is -0.481 e. The lowest BCUT2D eigenvalue weighted by Gasteiger charge is -2.11. The summed E-state index contributed by atoms with van der Waals surface area (Å²) in [7, 11) is 0. The zero-order valence-electron chi connectivity index (χ0n) is 14.7. The van der Waals surface area contributed by atoms with E-state index >= 15 is 0 Å². The number of carboxylic acid groups (broad SMARTS) is 1. The molecule has 0 aromatic heterocycles. The number of ether oxygens (including phenoxy) is 3. The smallest absolute Gasteiger partial charge is 0.345 e. The van der Waals surface area contributed by atoms with Crippen molar-refractivity contribution in [1.82, 2.24) is 0 Å². The number of benzene rings is 1. The van der Waals surface area contributed by atoms with Gasteiger partial charge in [0.05, 0.1) is 26.1 Å². The van der Waals surface area contributed by atoms with Crippen molar-refractivity contribution in [3.63, 3.8) is 0 Å². The number of carbonyl (C=O) groups excluding carboxylic acids is 2. The third kappa shape index (κ3) is 5.86. The Labute approximate surface area is 146 Å². The van der Waals surface area contributed by atoms with E-state index in [9.17, 15) is 14.4 Å². The van der Waals surface area contributed by atoms with Gasteiger partial charge in [0.2, 0.25) is 5.60 Å². The highest BCUT2D eigenvalue weighted by Crippen LogP contribution is 2.46. The second-order valence-corrected chi connectivity index (χ2v) is 5.28. The molecule has 1 aromatic rings. The standard InChI is InChI=1S/C12H14O3.C6H10O4/c1-3-14-11(13)12(9(2)15-12)10-7-5-4-6-8-10;1-2-10-6(9)4-3-5(7)8/h4-9H,3H2,1-2H3;2-4H2,1H3,(H,7,8). The average molecular weight is 352 g/mol. The number of carboxylic acids is 1. The van der Waals surface area contributed by atoms with E-state index in [0.29, 0.717) is 13.2 Å². The molecule has 138 valence electrons. The van der Waals surface area contributed by atoms with Gasteiger partial charge in [0, 0.05) is 0 Å². The van der Waals surface area contributed by atoms with Crippen LogP contribution in [-0.2, 0) is 34.2 Å². The Morgan fingerprint density at radius 2 is 1.64 bits per heavy atom. The molecule has 1 fully saturated rings. The molecule has 7 heteroatoms. The first-order chi connectivity index (χ1) is 11.9. The van der Waals surface area contributed by atoms with Gasteiger partial charge in [-0.1, -0.05) is 30.3 Å². The monoisotopic (exact) mass is 352 g/mol. The fourth-order valence-corrected chi connectivity index (χ4v) is 2.25. The summed E-state index contributed by atoms with van der Waals surface area (Å²) in [6, 6.07) is 9.48. The van der Waals surface area contributed by atoms with Crippen LogP contribution in [-0.4, -0.2) is 42.3 Å². The minimum atomic E-state index is -0.979. The van der Waals surface area contributed by atoms with Crippen LogP contribution < -0.4 is 0 Å². The molecule has 2 atom stereocenters. The van der Waals surface area contributed by atoms with Crippen molar-refractivity contribution in [2.75, 3.05) is 13.2 Å². The molecule has 1 aliphatic rings.